The number of rotatable bonds is 4. The fourth-order valence-corrected chi connectivity index (χ4v) is 1.72. The van der Waals surface area contributed by atoms with Crippen molar-refractivity contribution in [1.29, 1.82) is 0 Å². The molecule has 0 spiro atoms. The van der Waals surface area contributed by atoms with Crippen LogP contribution in [0.25, 0.3) is 0 Å². The van der Waals surface area contributed by atoms with E-state index in [4.69, 9.17) is 4.74 Å². The fraction of sp³-hybridized carbons (Fsp3) is 0.500. The van der Waals surface area contributed by atoms with Crippen molar-refractivity contribution in [1.82, 2.24) is 5.32 Å². The predicted octanol–water partition coefficient (Wildman–Crippen LogP) is 2.62. The number of hydrogen-bond acceptors (Lipinski definition) is 2. The van der Waals surface area contributed by atoms with Crippen LogP contribution >= 0.6 is 0 Å². The van der Waals surface area contributed by atoms with Crippen molar-refractivity contribution < 1.29 is 13.5 Å². The van der Waals surface area contributed by atoms with Crippen LogP contribution in [-0.4, -0.2) is 20.7 Å². The van der Waals surface area contributed by atoms with E-state index in [2.05, 4.69) is 5.32 Å². The number of methoxy groups -OCH3 is 1. The summed E-state index contributed by atoms with van der Waals surface area (Å²) in [6, 6.07) is 3.14. The summed E-state index contributed by atoms with van der Waals surface area (Å²) in [6.45, 7) is 3.07. The highest BCUT2D eigenvalue weighted by Gasteiger charge is 2.32. The summed E-state index contributed by atoms with van der Waals surface area (Å²) >= 11 is 0. The van der Waals surface area contributed by atoms with Crippen molar-refractivity contribution in [3.8, 4) is 5.75 Å². The molecule has 0 aliphatic rings. The zero-order chi connectivity index (χ0) is 12.3. The first-order valence-electron chi connectivity index (χ1n) is 5.10. The van der Waals surface area contributed by atoms with Crippen LogP contribution in [0.2, 0.25) is 0 Å². The van der Waals surface area contributed by atoms with Gasteiger partial charge >= 0.3 is 0 Å². The van der Waals surface area contributed by atoms with Gasteiger partial charge < -0.3 is 10.1 Å². The molecular formula is C12H17F2NO. The molecule has 0 bridgehead atoms. The van der Waals surface area contributed by atoms with E-state index in [0.29, 0.717) is 11.3 Å². The van der Waals surface area contributed by atoms with Crippen LogP contribution in [0.4, 0.5) is 8.78 Å². The average molecular weight is 229 g/mol. The van der Waals surface area contributed by atoms with Gasteiger partial charge in [-0.1, -0.05) is 0 Å². The molecule has 4 heteroatoms. The zero-order valence-corrected chi connectivity index (χ0v) is 10.0. The molecule has 1 aromatic carbocycles. The van der Waals surface area contributed by atoms with Crippen LogP contribution in [0.5, 0.6) is 5.75 Å². The number of ether oxygens (including phenoxy) is 1. The van der Waals surface area contributed by atoms with Crippen molar-refractivity contribution >= 4 is 0 Å². The van der Waals surface area contributed by atoms with Gasteiger partial charge in [-0.05, 0) is 44.2 Å². The van der Waals surface area contributed by atoms with E-state index in [0.717, 1.165) is 5.56 Å². The van der Waals surface area contributed by atoms with Gasteiger partial charge in [0.15, 0.2) is 0 Å². The highest BCUT2D eigenvalue weighted by molar-refractivity contribution is 5.43. The smallest absolute Gasteiger partial charge is 0.285 e. The highest BCUT2D eigenvalue weighted by Crippen LogP contribution is 2.33. The Kier molecular flexibility index (Phi) is 3.86. The van der Waals surface area contributed by atoms with Crippen LogP contribution in [0.3, 0.4) is 0 Å². The Morgan fingerprint density at radius 1 is 1.25 bits per heavy atom. The molecule has 0 radical (unpaired) electrons. The van der Waals surface area contributed by atoms with Gasteiger partial charge in [0, 0.05) is 5.56 Å². The molecule has 0 aliphatic carbocycles. The summed E-state index contributed by atoms with van der Waals surface area (Å²) in [6.07, 6.45) is 0. The summed E-state index contributed by atoms with van der Waals surface area (Å²) in [5, 5.41) is 2.50. The van der Waals surface area contributed by atoms with Crippen molar-refractivity contribution in [3.63, 3.8) is 0 Å². The third-order valence-corrected chi connectivity index (χ3v) is 2.53. The highest BCUT2D eigenvalue weighted by atomic mass is 19.3. The monoisotopic (exact) mass is 229 g/mol. The van der Waals surface area contributed by atoms with Gasteiger partial charge in [-0.3, -0.25) is 0 Å². The maximum absolute atomic E-state index is 13.7. The lowest BCUT2D eigenvalue weighted by molar-refractivity contribution is -0.00195. The molecule has 0 saturated heterocycles. The number of halogens is 2. The minimum atomic E-state index is -2.85. The molecule has 0 aromatic heterocycles. The Morgan fingerprint density at radius 3 is 2.38 bits per heavy atom. The number of alkyl halides is 2. The Balaban J connectivity index is 3.20. The molecule has 1 rings (SSSR count). The second-order valence-electron chi connectivity index (χ2n) is 3.87. The Hall–Kier alpha value is -1.16. The maximum Gasteiger partial charge on any atom is 0.285 e. The first-order valence-corrected chi connectivity index (χ1v) is 5.10. The van der Waals surface area contributed by atoms with Crippen LogP contribution in [0.1, 0.15) is 16.7 Å². The molecule has 0 saturated carbocycles. The quantitative estimate of drug-likeness (QED) is 0.857. The summed E-state index contributed by atoms with van der Waals surface area (Å²) in [7, 11) is 3.05. The number of likely N-dealkylation sites (N-methyl/N-ethyl adjacent to an activating group) is 1. The van der Waals surface area contributed by atoms with Crippen LogP contribution in [0, 0.1) is 13.8 Å². The van der Waals surface area contributed by atoms with E-state index in [1.165, 1.54) is 20.2 Å². The van der Waals surface area contributed by atoms with Crippen LogP contribution < -0.4 is 10.1 Å². The lowest BCUT2D eigenvalue weighted by Gasteiger charge is -2.20. The summed E-state index contributed by atoms with van der Waals surface area (Å²) in [4.78, 5) is 0. The minimum absolute atomic E-state index is 0.0557. The van der Waals surface area contributed by atoms with E-state index in [1.54, 1.807) is 19.9 Å². The molecule has 1 aromatic rings. The molecule has 0 atom stereocenters. The van der Waals surface area contributed by atoms with Gasteiger partial charge in [-0.15, -0.1) is 0 Å². The van der Waals surface area contributed by atoms with Gasteiger partial charge in [-0.25, -0.2) is 0 Å². The number of nitrogens with one attached hydrogen (secondary N) is 1. The van der Waals surface area contributed by atoms with Gasteiger partial charge in [0.1, 0.15) is 5.75 Å². The molecule has 90 valence electrons. The molecule has 0 unspecified atom stereocenters. The standard InChI is InChI=1S/C12H17F2NO/c1-8-6-11(16-4)9(2)5-10(8)12(13,14)7-15-3/h5-6,15H,7H2,1-4H3. The number of hydrogen-bond donors (Lipinski definition) is 1. The van der Waals surface area contributed by atoms with Crippen molar-refractivity contribution in [2.75, 3.05) is 20.7 Å². The maximum atomic E-state index is 13.7. The first kappa shape index (κ1) is 12.9. The lowest BCUT2D eigenvalue weighted by atomic mass is 9.99. The van der Waals surface area contributed by atoms with Crippen LogP contribution in [-0.2, 0) is 5.92 Å². The molecular weight excluding hydrogens is 212 g/mol. The van der Waals surface area contributed by atoms with E-state index in [1.807, 2.05) is 0 Å². The van der Waals surface area contributed by atoms with E-state index < -0.39 is 5.92 Å². The van der Waals surface area contributed by atoms with Crippen molar-refractivity contribution in [2.24, 2.45) is 0 Å². The average Bonchev–Trinajstić information content (AvgIpc) is 2.20. The van der Waals surface area contributed by atoms with Gasteiger partial charge in [0.2, 0.25) is 0 Å². The van der Waals surface area contributed by atoms with Gasteiger partial charge in [0.25, 0.3) is 5.92 Å². The van der Waals surface area contributed by atoms with Crippen LogP contribution in [0.15, 0.2) is 12.1 Å². The van der Waals surface area contributed by atoms with Gasteiger partial charge in [0.05, 0.1) is 13.7 Å². The summed E-state index contributed by atoms with van der Waals surface area (Å²) in [5.41, 5.74) is 1.32. The topological polar surface area (TPSA) is 21.3 Å². The molecule has 16 heavy (non-hydrogen) atoms. The normalized spacial score (nSPS) is 11.6. The summed E-state index contributed by atoms with van der Waals surface area (Å²) in [5.74, 6) is -2.21. The third kappa shape index (κ3) is 2.50. The minimum Gasteiger partial charge on any atom is -0.496 e. The predicted molar refractivity (Wildman–Crippen MR) is 60.3 cm³/mol. The first-order chi connectivity index (χ1) is 7.42. The largest absolute Gasteiger partial charge is 0.496 e. The van der Waals surface area contributed by atoms with E-state index in [-0.39, 0.29) is 12.1 Å². The molecule has 0 heterocycles. The fourth-order valence-electron chi connectivity index (χ4n) is 1.72. The number of benzene rings is 1. The SMILES string of the molecule is CNCC(F)(F)c1cc(C)c(OC)cc1C. The van der Waals surface area contributed by atoms with E-state index in [9.17, 15) is 8.78 Å². The van der Waals surface area contributed by atoms with Crippen molar-refractivity contribution in [3.05, 3.63) is 28.8 Å². The van der Waals surface area contributed by atoms with E-state index >= 15 is 0 Å². The van der Waals surface area contributed by atoms with Gasteiger partial charge in [-0.2, -0.15) is 8.78 Å². The Morgan fingerprint density at radius 2 is 1.88 bits per heavy atom. The Labute approximate surface area is 94.6 Å². The zero-order valence-electron chi connectivity index (χ0n) is 10.0. The third-order valence-electron chi connectivity index (χ3n) is 2.53. The molecule has 1 N–H and O–H groups in total. The number of aryl methyl sites for hydroxylation is 2. The second kappa shape index (κ2) is 4.78. The molecule has 0 fully saturated rings. The molecule has 0 amide bonds. The van der Waals surface area contributed by atoms with Crippen molar-refractivity contribution in [2.45, 2.75) is 19.8 Å². The molecule has 0 aliphatic heterocycles. The second-order valence-corrected chi connectivity index (χ2v) is 3.87. The lowest BCUT2D eigenvalue weighted by Crippen LogP contribution is -2.29. The Bertz CT molecular complexity index is 378. The summed E-state index contributed by atoms with van der Waals surface area (Å²) < 4.78 is 32.6. The molecule has 2 nitrogen and oxygen atoms in total.